The Morgan fingerprint density at radius 2 is 1.80 bits per heavy atom. The molecule has 3 heterocycles. The van der Waals surface area contributed by atoms with Crippen LogP contribution in [0.5, 0.6) is 0 Å². The van der Waals surface area contributed by atoms with E-state index in [1.165, 1.54) is 28.9 Å². The molecule has 1 aromatic heterocycles. The number of likely N-dealkylation sites (N-methyl/N-ethyl adjacent to an activating group) is 1. The number of nitrogens with one attached hydrogen (secondary N) is 3. The molecule has 4 amide bonds. The Kier molecular flexibility index (Phi) is 9.31. The number of carbonyl (C=O) groups excluding carboxylic acids is 4. The minimum atomic E-state index is -0.895. The second kappa shape index (κ2) is 13.1. The highest BCUT2D eigenvalue weighted by Crippen LogP contribution is 2.28. The van der Waals surface area contributed by atoms with Crippen LogP contribution in [0.4, 0.5) is 0 Å². The number of amides is 4. The lowest BCUT2D eigenvalue weighted by molar-refractivity contribution is -0.150. The van der Waals surface area contributed by atoms with Gasteiger partial charge in [0.1, 0.15) is 23.2 Å². The third-order valence-electron chi connectivity index (χ3n) is 7.71. The molecule has 4 atom stereocenters. The van der Waals surface area contributed by atoms with Gasteiger partial charge in [-0.05, 0) is 38.2 Å². The van der Waals surface area contributed by atoms with Crippen molar-refractivity contribution in [2.45, 2.75) is 69.9 Å². The zero-order valence-corrected chi connectivity index (χ0v) is 24.4. The van der Waals surface area contributed by atoms with Gasteiger partial charge in [0, 0.05) is 38.0 Å². The molecule has 3 N–H and O–H groups in total. The van der Waals surface area contributed by atoms with E-state index >= 15 is 0 Å². The van der Waals surface area contributed by atoms with Gasteiger partial charge >= 0.3 is 0 Å². The molecule has 11 nitrogen and oxygen atoms in total. The summed E-state index contributed by atoms with van der Waals surface area (Å²) < 4.78 is 6.19. The number of aryl methyl sites for hydroxylation is 2. The van der Waals surface area contributed by atoms with Crippen LogP contribution in [0.2, 0.25) is 0 Å². The van der Waals surface area contributed by atoms with Gasteiger partial charge in [-0.15, -0.1) is 11.3 Å². The number of hydrogen-bond donors (Lipinski definition) is 3. The Balaban J connectivity index is 1.38. The smallest absolute Gasteiger partial charge is 0.251 e. The quantitative estimate of drug-likeness (QED) is 0.476. The zero-order chi connectivity index (χ0) is 28.9. The topological polar surface area (TPSA) is 133 Å². The number of rotatable bonds is 4. The van der Waals surface area contributed by atoms with E-state index in [9.17, 15) is 19.2 Å². The number of carbonyl (C=O) groups is 4. The maximum Gasteiger partial charge on any atom is 0.251 e. The molecule has 3 aliphatic rings. The van der Waals surface area contributed by atoms with Crippen LogP contribution in [0.1, 0.15) is 40.9 Å². The molecule has 12 heteroatoms. The summed E-state index contributed by atoms with van der Waals surface area (Å²) >= 11 is 1.74. The van der Waals surface area contributed by atoms with Crippen molar-refractivity contribution >= 4 is 35.0 Å². The van der Waals surface area contributed by atoms with Crippen LogP contribution in [0.3, 0.4) is 0 Å². The van der Waals surface area contributed by atoms with Gasteiger partial charge in [-0.3, -0.25) is 24.1 Å². The molecule has 220 valence electrons. The van der Waals surface area contributed by atoms with Crippen molar-refractivity contribution in [2.24, 2.45) is 0 Å². The lowest BCUT2D eigenvalue weighted by atomic mass is 10.0. The van der Waals surface area contributed by atoms with Crippen LogP contribution in [0.15, 0.2) is 30.3 Å². The van der Waals surface area contributed by atoms with Crippen molar-refractivity contribution in [3.8, 4) is 0 Å². The van der Waals surface area contributed by atoms with Gasteiger partial charge in [0.05, 0.1) is 24.9 Å². The summed E-state index contributed by atoms with van der Waals surface area (Å²) in [6.45, 7) is 2.95. The normalized spacial score (nSPS) is 26.7. The van der Waals surface area contributed by atoms with E-state index in [1.54, 1.807) is 18.3 Å². The number of fused-ring (bicyclic) bond motifs is 3. The SMILES string of the molecule is C[C@H]1NC(=O)CN(C)C(=O)[C@@H](Cc2ccccc2)NC(=O)[C@H]2CN(Cc3nc4c(s3)CCCC4)C[C@H](CNC1=O)O2. The molecule has 1 aliphatic carbocycles. The van der Waals surface area contributed by atoms with Crippen LogP contribution in [-0.2, 0) is 49.7 Å². The predicted octanol–water partition coefficient (Wildman–Crippen LogP) is 0.412. The van der Waals surface area contributed by atoms with Crippen molar-refractivity contribution in [3.63, 3.8) is 0 Å². The summed E-state index contributed by atoms with van der Waals surface area (Å²) in [7, 11) is 1.51. The van der Waals surface area contributed by atoms with Crippen molar-refractivity contribution in [2.75, 3.05) is 33.2 Å². The number of hydrogen-bond acceptors (Lipinski definition) is 8. The van der Waals surface area contributed by atoms with E-state index in [4.69, 9.17) is 9.72 Å². The molecule has 5 rings (SSSR count). The third kappa shape index (κ3) is 7.49. The number of benzene rings is 1. The largest absolute Gasteiger partial charge is 0.361 e. The Labute approximate surface area is 244 Å². The van der Waals surface area contributed by atoms with Gasteiger partial charge in [-0.1, -0.05) is 30.3 Å². The molecule has 41 heavy (non-hydrogen) atoms. The second-order valence-corrected chi connectivity index (χ2v) is 12.3. The number of aromatic nitrogens is 1. The van der Waals surface area contributed by atoms with Gasteiger partial charge in [0.25, 0.3) is 5.91 Å². The monoisotopic (exact) mass is 582 g/mol. The van der Waals surface area contributed by atoms with E-state index in [1.807, 2.05) is 30.3 Å². The molecule has 2 aromatic rings. The van der Waals surface area contributed by atoms with Gasteiger partial charge in [-0.25, -0.2) is 4.98 Å². The minimum absolute atomic E-state index is 0.181. The Morgan fingerprint density at radius 1 is 1.02 bits per heavy atom. The Bertz CT molecular complexity index is 1250. The van der Waals surface area contributed by atoms with Gasteiger partial charge in [0.2, 0.25) is 17.7 Å². The zero-order valence-electron chi connectivity index (χ0n) is 23.6. The first-order valence-corrected chi connectivity index (χ1v) is 15.1. The molecule has 0 radical (unpaired) electrons. The summed E-state index contributed by atoms with van der Waals surface area (Å²) in [5, 5.41) is 9.43. The predicted molar refractivity (Wildman–Crippen MR) is 153 cm³/mol. The van der Waals surface area contributed by atoms with Crippen molar-refractivity contribution in [1.29, 1.82) is 0 Å². The third-order valence-corrected chi connectivity index (χ3v) is 8.85. The maximum absolute atomic E-state index is 13.6. The second-order valence-electron chi connectivity index (χ2n) is 11.1. The molecular formula is C29H38N6O5S. The van der Waals surface area contributed by atoms with E-state index in [-0.39, 0.29) is 25.4 Å². The lowest BCUT2D eigenvalue weighted by Crippen LogP contribution is -2.58. The van der Waals surface area contributed by atoms with Crippen LogP contribution in [0, 0.1) is 0 Å². The van der Waals surface area contributed by atoms with Crippen LogP contribution >= 0.6 is 11.3 Å². The first-order valence-electron chi connectivity index (χ1n) is 14.3. The highest BCUT2D eigenvalue weighted by Gasteiger charge is 2.36. The highest BCUT2D eigenvalue weighted by atomic mass is 32.1. The van der Waals surface area contributed by atoms with E-state index < -0.39 is 42.0 Å². The number of nitrogens with zero attached hydrogens (tertiary/aromatic N) is 3. The van der Waals surface area contributed by atoms with Crippen LogP contribution in [-0.4, -0.2) is 95.9 Å². The standard InChI is InChI=1S/C29H38N6O5S/c1-18-27(37)30-13-20-14-35(17-26-32-21-10-6-7-11-24(21)41-26)15-23(40-20)28(38)33-22(12-19-8-4-3-5-9-19)29(39)34(2)16-25(36)31-18/h3-5,8-9,18,20,22-23H,6-7,10-17H2,1-2H3,(H,30,37)(H,31,36)(H,33,38)/t18-,20+,22-,23-/m1/s1. The first-order chi connectivity index (χ1) is 19.7. The number of thiazole rings is 1. The molecule has 0 unspecified atom stereocenters. The summed E-state index contributed by atoms with van der Waals surface area (Å²) in [6.07, 6.45) is 3.38. The molecule has 0 spiro atoms. The average molecular weight is 583 g/mol. The van der Waals surface area contributed by atoms with E-state index in [0.717, 1.165) is 29.8 Å². The highest BCUT2D eigenvalue weighted by molar-refractivity contribution is 7.11. The van der Waals surface area contributed by atoms with E-state index in [2.05, 4.69) is 20.9 Å². The van der Waals surface area contributed by atoms with Crippen molar-refractivity contribution in [1.82, 2.24) is 30.7 Å². The van der Waals surface area contributed by atoms with Gasteiger partial charge in [-0.2, -0.15) is 0 Å². The summed E-state index contributed by atoms with van der Waals surface area (Å²) in [5.74, 6) is -1.63. The van der Waals surface area contributed by atoms with E-state index in [0.29, 0.717) is 19.6 Å². The fourth-order valence-electron chi connectivity index (χ4n) is 5.56. The molecule has 1 aromatic carbocycles. The Hall–Kier alpha value is -3.35. The molecule has 2 aliphatic heterocycles. The lowest BCUT2D eigenvalue weighted by Gasteiger charge is -2.37. The van der Waals surface area contributed by atoms with Crippen molar-refractivity contribution in [3.05, 3.63) is 51.5 Å². The molecule has 2 fully saturated rings. The van der Waals surface area contributed by atoms with Crippen LogP contribution in [0.25, 0.3) is 0 Å². The molecule has 2 bridgehead atoms. The minimum Gasteiger partial charge on any atom is -0.361 e. The summed E-state index contributed by atoms with van der Waals surface area (Å²) in [6, 6.07) is 7.73. The number of ether oxygens (including phenoxy) is 1. The fraction of sp³-hybridized carbons (Fsp3) is 0.552. The first kappa shape index (κ1) is 29.2. The van der Waals surface area contributed by atoms with Gasteiger partial charge in [0.15, 0.2) is 0 Å². The molecular weight excluding hydrogens is 544 g/mol. The summed E-state index contributed by atoms with van der Waals surface area (Å²) in [5.41, 5.74) is 2.07. The Morgan fingerprint density at radius 3 is 2.59 bits per heavy atom. The van der Waals surface area contributed by atoms with Gasteiger partial charge < -0.3 is 25.6 Å². The van der Waals surface area contributed by atoms with Crippen LogP contribution < -0.4 is 16.0 Å². The summed E-state index contributed by atoms with van der Waals surface area (Å²) in [4.78, 5) is 62.1. The maximum atomic E-state index is 13.6. The average Bonchev–Trinajstić information content (AvgIpc) is 3.37. The fourth-order valence-corrected chi connectivity index (χ4v) is 6.76. The molecule has 2 saturated heterocycles. The van der Waals surface area contributed by atoms with Crippen molar-refractivity contribution < 1.29 is 23.9 Å². The number of morpholine rings is 1. The molecule has 0 saturated carbocycles.